The summed E-state index contributed by atoms with van der Waals surface area (Å²) in [6, 6.07) is 0. The molecule has 1 saturated carbocycles. The van der Waals surface area contributed by atoms with Crippen molar-refractivity contribution in [3.8, 4) is 0 Å². The molecule has 0 radical (unpaired) electrons. The van der Waals surface area contributed by atoms with E-state index < -0.39 is 54.1 Å². The second-order valence-electron chi connectivity index (χ2n) is 7.68. The number of aliphatic hydroxyl groups is 1. The van der Waals surface area contributed by atoms with Crippen LogP contribution in [0.25, 0.3) is 0 Å². The van der Waals surface area contributed by atoms with Crippen LogP contribution in [0.5, 0.6) is 0 Å². The van der Waals surface area contributed by atoms with E-state index in [1.54, 1.807) is 6.92 Å². The van der Waals surface area contributed by atoms with Crippen LogP contribution in [-0.4, -0.2) is 42.7 Å². The van der Waals surface area contributed by atoms with E-state index >= 15 is 0 Å². The third kappa shape index (κ3) is 3.98. The maximum atomic E-state index is 12.8. The van der Waals surface area contributed by atoms with Gasteiger partial charge in [-0.15, -0.1) is 0 Å². The predicted octanol–water partition coefficient (Wildman–Crippen LogP) is 3.97. The van der Waals surface area contributed by atoms with Crippen LogP contribution in [-0.2, 0) is 9.53 Å². The van der Waals surface area contributed by atoms with Gasteiger partial charge < -0.3 is 0 Å². The minimum atomic E-state index is -5.78. The van der Waals surface area contributed by atoms with Gasteiger partial charge in [0.2, 0.25) is 0 Å². The van der Waals surface area contributed by atoms with Crippen LogP contribution < -0.4 is 7.06 Å². The van der Waals surface area contributed by atoms with Gasteiger partial charge in [0.1, 0.15) is 0 Å². The van der Waals surface area contributed by atoms with Crippen LogP contribution in [0.2, 0.25) is 0 Å². The summed E-state index contributed by atoms with van der Waals surface area (Å²) in [6.07, 6.45) is -12.0. The first-order valence-corrected chi connectivity index (χ1v) is 12.9. The molecule has 0 aromatic rings. The van der Waals surface area contributed by atoms with Gasteiger partial charge in [0.25, 0.3) is 0 Å². The van der Waals surface area contributed by atoms with Crippen molar-refractivity contribution in [2.45, 2.75) is 64.1 Å². The Balaban J connectivity index is 1.47. The van der Waals surface area contributed by atoms with E-state index in [1.807, 2.05) is 22.6 Å². The predicted molar refractivity (Wildman–Crippen MR) is 104 cm³/mol. The molecule has 164 valence electrons. The molecule has 0 aromatic heterocycles. The molecule has 3 rings (SSSR count). The molecule has 3 fully saturated rings. The Morgan fingerprint density at radius 1 is 1.11 bits per heavy atom. The van der Waals surface area contributed by atoms with E-state index in [0.717, 1.165) is 0 Å². The third-order valence-corrected chi connectivity index (χ3v) is 12.8. The molecule has 1 unspecified atom stereocenters. The van der Waals surface area contributed by atoms with E-state index in [0.29, 0.717) is 12.8 Å². The molecule has 0 amide bonds. The summed E-state index contributed by atoms with van der Waals surface area (Å²) in [6.45, 7) is 1.86. The van der Waals surface area contributed by atoms with Crippen molar-refractivity contribution in [3.05, 3.63) is 0 Å². The first-order chi connectivity index (χ1) is 12.6. The first kappa shape index (κ1) is 23.1. The van der Waals surface area contributed by atoms with Crippen molar-refractivity contribution in [2.24, 2.45) is 11.8 Å². The Hall–Kier alpha value is 0.390. The zero-order valence-electron chi connectivity index (χ0n) is 14.7. The van der Waals surface area contributed by atoms with Crippen molar-refractivity contribution in [2.75, 3.05) is 6.61 Å². The molecular weight excluding hydrogens is 624 g/mol. The number of carbonyl (C=O) groups is 1. The Bertz CT molecular complexity index is 614. The average Bonchev–Trinajstić information content (AvgIpc) is 3.41. The van der Waals surface area contributed by atoms with Gasteiger partial charge >= 0.3 is 153 Å². The molecule has 1 aliphatic carbocycles. The summed E-state index contributed by atoms with van der Waals surface area (Å²) in [5, 5.41) is 9.33. The second-order valence-corrected chi connectivity index (χ2v) is 14.2. The number of esters is 1. The Kier molecular flexibility index (Phi) is 5.95. The van der Waals surface area contributed by atoms with Gasteiger partial charge in [-0.3, -0.25) is 0 Å². The zero-order valence-corrected chi connectivity index (χ0v) is 19.0. The van der Waals surface area contributed by atoms with Crippen LogP contribution in [0.1, 0.15) is 39.0 Å². The molecule has 2 heterocycles. The molecule has 28 heavy (non-hydrogen) atoms. The van der Waals surface area contributed by atoms with Gasteiger partial charge in [-0.1, -0.05) is 0 Å². The fraction of sp³-hybridized carbons (Fsp3) is 0.933. The van der Waals surface area contributed by atoms with Gasteiger partial charge in [-0.05, 0) is 0 Å². The third-order valence-electron chi connectivity index (χ3n) is 5.63. The molecule has 1 atom stereocenters. The van der Waals surface area contributed by atoms with Crippen molar-refractivity contribution < 1.29 is 41.0 Å². The number of carbonyl (C=O) groups excluding carboxylic acids is 1. The molecule has 2 aliphatic heterocycles. The van der Waals surface area contributed by atoms with Crippen LogP contribution in [0.15, 0.2) is 0 Å². The number of nitrogens with one attached hydrogen (secondary N) is 2. The van der Waals surface area contributed by atoms with Crippen LogP contribution in [0, 0.1) is 11.8 Å². The van der Waals surface area contributed by atoms with Gasteiger partial charge in [0.05, 0.1) is 0 Å². The number of ether oxygens (including phenoxy) is 1. The van der Waals surface area contributed by atoms with Crippen LogP contribution in [0.3, 0.4) is 0 Å². The van der Waals surface area contributed by atoms with Crippen molar-refractivity contribution in [1.82, 2.24) is 7.06 Å². The van der Waals surface area contributed by atoms with Gasteiger partial charge in [0, 0.05) is 0 Å². The van der Waals surface area contributed by atoms with Gasteiger partial charge in [-0.2, -0.15) is 26.3 Å². The Morgan fingerprint density at radius 2 is 1.54 bits per heavy atom. The molecule has 5 nitrogen and oxygen atoms in total. The average molecular weight is 644 g/mol. The monoisotopic (exact) mass is 644 g/mol. The molecule has 3 N–H and O–H groups in total. The van der Waals surface area contributed by atoms with Gasteiger partial charge in [0.15, 0.2) is 0 Å². The number of fused-ring (bicyclic) bond motifs is 1. The number of hydrogen-bond donors (Lipinski definition) is 3. The summed E-state index contributed by atoms with van der Waals surface area (Å²) >= 11 is 0.703. The number of halogens is 8. The number of alkyl halides is 8. The summed E-state index contributed by atoms with van der Waals surface area (Å²) in [5.41, 5.74) is -4.69. The second kappa shape index (κ2) is 7.22. The molecule has 13 heteroatoms. The molecule has 3 aliphatic rings. The summed E-state index contributed by atoms with van der Waals surface area (Å²) in [7, 11) is 0. The van der Waals surface area contributed by atoms with Gasteiger partial charge in [-0.25, -0.2) is 0 Å². The van der Waals surface area contributed by atoms with E-state index in [9.17, 15) is 36.2 Å². The topological polar surface area (TPSA) is 90.4 Å². The number of hydrogen-bond acceptors (Lipinski definition) is 5. The van der Waals surface area contributed by atoms with E-state index in [-0.39, 0.29) is 35.0 Å². The fourth-order valence-corrected chi connectivity index (χ4v) is 11.2. The number of rotatable bonds is 6. The van der Waals surface area contributed by atoms with Crippen LogP contribution >= 0.6 is 43.0 Å². The fourth-order valence-electron chi connectivity index (χ4n) is 3.46. The quantitative estimate of drug-likeness (QED) is 0.0776. The van der Waals surface area contributed by atoms with E-state index in [1.165, 1.54) is 0 Å². The Morgan fingerprint density at radius 3 is 1.93 bits per heavy atom. The summed E-state index contributed by atoms with van der Waals surface area (Å²) in [4.78, 5) is 12.3. The van der Waals surface area contributed by atoms with Crippen molar-refractivity contribution >= 4 is 48.9 Å². The van der Waals surface area contributed by atoms with Crippen molar-refractivity contribution in [1.29, 1.82) is 0 Å². The summed E-state index contributed by atoms with van der Waals surface area (Å²) in [5.74, 6) is -1.38. The van der Waals surface area contributed by atoms with E-state index in [2.05, 4.69) is 7.06 Å². The first-order valence-electron chi connectivity index (χ1n) is 8.61. The normalized spacial score (nSPS) is 30.2. The molecule has 0 aromatic carbocycles. The standard InChI is InChI=1S/C15H20F6I2N2O3/c1-11(22,15-23(24-15)25-15)10(26)28-7-9-4-2-8(3-5-9)6-12(27,13(16,17)18)14(19,20)21/h8-9,24-25,27H,2-7H2,1H3. The zero-order chi connectivity index (χ0) is 21.2. The SMILES string of the molecule is CC(I)(C(=O)OCC1CCC(CC(O)(C(F)(F)F)C(F)(F)F)CC1)C12NI1N2. The summed E-state index contributed by atoms with van der Waals surface area (Å²) < 4.78 is 87.8. The minimum absolute atomic E-state index is 0.0945. The molecule has 0 bridgehead atoms. The Labute approximate surface area is 178 Å². The molecule has 0 spiro atoms. The van der Waals surface area contributed by atoms with Crippen LogP contribution in [0.4, 0.5) is 26.3 Å². The van der Waals surface area contributed by atoms with E-state index in [4.69, 9.17) is 4.74 Å². The maximum absolute atomic E-state index is 12.8. The molecule has 2 saturated heterocycles. The molecular formula is C15H20F6I2N2O3. The van der Waals surface area contributed by atoms with Crippen molar-refractivity contribution in [3.63, 3.8) is 0 Å².